The Labute approximate surface area is 181 Å². The van der Waals surface area contributed by atoms with Gasteiger partial charge in [0.25, 0.3) is 0 Å². The number of rotatable bonds is 8. The fourth-order valence-corrected chi connectivity index (χ4v) is 4.48. The van der Waals surface area contributed by atoms with Crippen LogP contribution in [0.3, 0.4) is 0 Å². The normalized spacial score (nSPS) is 19.6. The molecule has 0 bridgehead atoms. The van der Waals surface area contributed by atoms with E-state index in [2.05, 4.69) is 75.3 Å². The zero-order valence-electron chi connectivity index (χ0n) is 19.1. The molecule has 0 unspecified atom stereocenters. The number of hydrogen-bond acceptors (Lipinski definition) is 4. The monoisotopic (exact) mass is 408 g/mol. The van der Waals surface area contributed by atoms with Crippen molar-refractivity contribution in [2.75, 3.05) is 39.3 Å². The third-order valence-electron chi connectivity index (χ3n) is 6.06. The molecule has 1 heterocycles. The molecule has 0 radical (unpaired) electrons. The maximum absolute atomic E-state index is 5.98. The molecule has 1 aliphatic rings. The van der Waals surface area contributed by atoms with Crippen LogP contribution in [0.4, 0.5) is 5.69 Å². The predicted molar refractivity (Wildman–Crippen MR) is 126 cm³/mol. The summed E-state index contributed by atoms with van der Waals surface area (Å²) >= 11 is 0. The van der Waals surface area contributed by atoms with Crippen molar-refractivity contribution < 1.29 is 9.47 Å². The van der Waals surface area contributed by atoms with Crippen LogP contribution in [0.1, 0.15) is 50.2 Å². The number of hydrogen-bond donors (Lipinski definition) is 0. The SMILES string of the molecule is COc1ccccc1[C@H](CCN=Cc1ccc(N(C)C)cc1)[C@@H]1CCOC(C)(C)C1. The molecule has 2 aromatic rings. The number of methoxy groups -OCH3 is 1. The zero-order valence-corrected chi connectivity index (χ0v) is 19.1. The second kappa shape index (κ2) is 10.1. The summed E-state index contributed by atoms with van der Waals surface area (Å²) in [6, 6.07) is 17.0. The van der Waals surface area contributed by atoms with Gasteiger partial charge in [-0.25, -0.2) is 0 Å². The number of nitrogens with zero attached hydrogens (tertiary/aromatic N) is 2. The topological polar surface area (TPSA) is 34.1 Å². The lowest BCUT2D eigenvalue weighted by molar-refractivity contribution is -0.0771. The highest BCUT2D eigenvalue weighted by Crippen LogP contribution is 2.42. The van der Waals surface area contributed by atoms with Crippen molar-refractivity contribution in [3.63, 3.8) is 0 Å². The van der Waals surface area contributed by atoms with E-state index >= 15 is 0 Å². The number of ether oxygens (including phenoxy) is 2. The minimum Gasteiger partial charge on any atom is -0.496 e. The van der Waals surface area contributed by atoms with E-state index in [-0.39, 0.29) is 5.60 Å². The molecule has 0 aliphatic carbocycles. The van der Waals surface area contributed by atoms with Gasteiger partial charge in [-0.05, 0) is 74.3 Å². The molecule has 30 heavy (non-hydrogen) atoms. The molecule has 0 spiro atoms. The van der Waals surface area contributed by atoms with Crippen LogP contribution in [0.5, 0.6) is 5.75 Å². The fraction of sp³-hybridized carbons (Fsp3) is 0.500. The van der Waals surface area contributed by atoms with Crippen LogP contribution in [0.15, 0.2) is 53.5 Å². The molecular formula is C26H36N2O2. The summed E-state index contributed by atoms with van der Waals surface area (Å²) in [6.07, 6.45) is 5.15. The van der Waals surface area contributed by atoms with Crippen molar-refractivity contribution in [3.05, 3.63) is 59.7 Å². The van der Waals surface area contributed by atoms with Gasteiger partial charge in [-0.15, -0.1) is 0 Å². The van der Waals surface area contributed by atoms with E-state index in [1.165, 1.54) is 11.3 Å². The van der Waals surface area contributed by atoms with Crippen molar-refractivity contribution in [1.82, 2.24) is 0 Å². The molecule has 0 saturated carbocycles. The van der Waals surface area contributed by atoms with Gasteiger partial charge in [0, 0.05) is 39.1 Å². The second-order valence-corrected chi connectivity index (χ2v) is 9.02. The maximum atomic E-state index is 5.98. The first-order valence-electron chi connectivity index (χ1n) is 10.9. The molecule has 2 aromatic carbocycles. The molecule has 1 fully saturated rings. The van der Waals surface area contributed by atoms with Gasteiger partial charge in [0.2, 0.25) is 0 Å². The van der Waals surface area contributed by atoms with Crippen molar-refractivity contribution >= 4 is 11.9 Å². The van der Waals surface area contributed by atoms with E-state index in [1.54, 1.807) is 7.11 Å². The van der Waals surface area contributed by atoms with Gasteiger partial charge in [-0.2, -0.15) is 0 Å². The van der Waals surface area contributed by atoms with E-state index in [0.29, 0.717) is 11.8 Å². The molecule has 0 N–H and O–H groups in total. The highest BCUT2D eigenvalue weighted by Gasteiger charge is 2.34. The van der Waals surface area contributed by atoms with Crippen molar-refractivity contribution in [3.8, 4) is 5.75 Å². The second-order valence-electron chi connectivity index (χ2n) is 9.02. The summed E-state index contributed by atoms with van der Waals surface area (Å²) in [4.78, 5) is 6.86. The first kappa shape index (κ1) is 22.4. The van der Waals surface area contributed by atoms with Crippen molar-refractivity contribution in [1.29, 1.82) is 0 Å². The molecule has 2 atom stereocenters. The van der Waals surface area contributed by atoms with Crippen LogP contribution in [-0.2, 0) is 4.74 Å². The van der Waals surface area contributed by atoms with Crippen molar-refractivity contribution in [2.45, 2.75) is 44.6 Å². The maximum Gasteiger partial charge on any atom is 0.122 e. The lowest BCUT2D eigenvalue weighted by atomic mass is 9.75. The van der Waals surface area contributed by atoms with Crippen LogP contribution in [0, 0.1) is 5.92 Å². The summed E-state index contributed by atoms with van der Waals surface area (Å²) < 4.78 is 11.7. The molecule has 162 valence electrons. The summed E-state index contributed by atoms with van der Waals surface area (Å²) in [5, 5.41) is 0. The highest BCUT2D eigenvalue weighted by atomic mass is 16.5. The van der Waals surface area contributed by atoms with E-state index in [1.807, 2.05) is 12.3 Å². The van der Waals surface area contributed by atoms with Gasteiger partial charge in [-0.1, -0.05) is 30.3 Å². The van der Waals surface area contributed by atoms with Crippen LogP contribution in [-0.4, -0.2) is 46.2 Å². The van der Waals surface area contributed by atoms with Gasteiger partial charge in [0.15, 0.2) is 0 Å². The van der Waals surface area contributed by atoms with Crippen LogP contribution < -0.4 is 9.64 Å². The zero-order chi connectivity index (χ0) is 21.6. The first-order chi connectivity index (χ1) is 14.4. The van der Waals surface area contributed by atoms with E-state index in [9.17, 15) is 0 Å². The van der Waals surface area contributed by atoms with E-state index < -0.39 is 0 Å². The molecule has 1 aliphatic heterocycles. The Morgan fingerprint density at radius 1 is 1.17 bits per heavy atom. The molecule has 1 saturated heterocycles. The van der Waals surface area contributed by atoms with E-state index in [4.69, 9.17) is 14.5 Å². The number of benzene rings is 2. The smallest absolute Gasteiger partial charge is 0.122 e. The van der Waals surface area contributed by atoms with E-state index in [0.717, 1.165) is 43.7 Å². The number of aliphatic imine (C=N–C) groups is 1. The van der Waals surface area contributed by atoms with Crippen LogP contribution >= 0.6 is 0 Å². The predicted octanol–water partition coefficient (Wildman–Crippen LogP) is 5.56. The molecular weight excluding hydrogens is 372 g/mol. The lowest BCUT2D eigenvalue weighted by Crippen LogP contribution is -2.36. The van der Waals surface area contributed by atoms with Crippen LogP contribution in [0.25, 0.3) is 0 Å². The minimum atomic E-state index is -0.0688. The summed E-state index contributed by atoms with van der Waals surface area (Å²) in [5.41, 5.74) is 3.57. The summed E-state index contributed by atoms with van der Waals surface area (Å²) in [6.45, 7) is 6.03. The molecule has 0 aromatic heterocycles. The molecule has 0 amide bonds. The standard InChI is InChI=1S/C26H36N2O2/c1-26(2)18-21(15-17-30-26)23(24-8-6-7-9-25(24)29-5)14-16-27-19-20-10-12-22(13-11-20)28(3)4/h6-13,19,21,23H,14-18H2,1-5H3/t21-,23-/m1/s1. The van der Waals surface area contributed by atoms with Gasteiger partial charge >= 0.3 is 0 Å². The lowest BCUT2D eigenvalue weighted by Gasteiger charge is -2.39. The number of para-hydroxylation sites is 1. The quantitative estimate of drug-likeness (QED) is 0.536. The Morgan fingerprint density at radius 3 is 2.57 bits per heavy atom. The van der Waals surface area contributed by atoms with Crippen LogP contribution in [0.2, 0.25) is 0 Å². The average molecular weight is 409 g/mol. The first-order valence-corrected chi connectivity index (χ1v) is 10.9. The third-order valence-corrected chi connectivity index (χ3v) is 6.06. The largest absolute Gasteiger partial charge is 0.496 e. The Bertz CT molecular complexity index is 827. The highest BCUT2D eigenvalue weighted by molar-refractivity contribution is 5.80. The fourth-order valence-electron chi connectivity index (χ4n) is 4.48. The van der Waals surface area contributed by atoms with Gasteiger partial charge in [0.1, 0.15) is 5.75 Å². The Balaban J connectivity index is 1.72. The summed E-state index contributed by atoms with van der Waals surface area (Å²) in [7, 11) is 5.87. The number of anilines is 1. The molecule has 4 heteroatoms. The van der Waals surface area contributed by atoms with Gasteiger partial charge in [-0.3, -0.25) is 4.99 Å². The molecule has 4 nitrogen and oxygen atoms in total. The van der Waals surface area contributed by atoms with Gasteiger partial charge in [0.05, 0.1) is 12.7 Å². The average Bonchev–Trinajstić information content (AvgIpc) is 2.73. The summed E-state index contributed by atoms with van der Waals surface area (Å²) in [5.74, 6) is 1.97. The third kappa shape index (κ3) is 5.85. The Kier molecular flexibility index (Phi) is 7.54. The van der Waals surface area contributed by atoms with Gasteiger partial charge < -0.3 is 14.4 Å². The Morgan fingerprint density at radius 2 is 1.90 bits per heavy atom. The molecule has 3 rings (SSSR count). The minimum absolute atomic E-state index is 0.0688. The van der Waals surface area contributed by atoms with Crippen molar-refractivity contribution in [2.24, 2.45) is 10.9 Å². The Hall–Kier alpha value is -2.33.